The monoisotopic (exact) mass is 444 g/mol. The Hall–Kier alpha value is -3.39. The number of carbonyl (C=O) groups is 1. The van der Waals surface area contributed by atoms with E-state index in [1.165, 1.54) is 6.07 Å². The smallest absolute Gasteiger partial charge is 0.321 e. The van der Waals surface area contributed by atoms with E-state index in [9.17, 15) is 18.0 Å². The van der Waals surface area contributed by atoms with Gasteiger partial charge in [0.15, 0.2) is 17.0 Å². The van der Waals surface area contributed by atoms with Gasteiger partial charge in [-0.2, -0.15) is 18.3 Å². The second-order valence-corrected chi connectivity index (χ2v) is 7.52. The first kappa shape index (κ1) is 20.9. The lowest BCUT2D eigenvalue weighted by Crippen LogP contribution is -2.15. The van der Waals surface area contributed by atoms with Crippen LogP contribution in [-0.2, 0) is 6.18 Å². The number of benzene rings is 2. The number of amides is 1. The van der Waals surface area contributed by atoms with E-state index >= 15 is 0 Å². The van der Waals surface area contributed by atoms with E-state index in [1.807, 2.05) is 19.9 Å². The SMILES string of the molecule is Cc1ccc(NC(=O)c2cc3nc(-c4ccc(Cl)cc4)cc(C(F)(F)F)n3n2)cc1C. The number of aromatic nitrogens is 3. The average Bonchev–Trinajstić information content (AvgIpc) is 3.14. The van der Waals surface area contributed by atoms with Crippen LogP contribution in [0.2, 0.25) is 5.02 Å². The molecular weight excluding hydrogens is 429 g/mol. The van der Waals surface area contributed by atoms with Gasteiger partial charge in [-0.1, -0.05) is 29.8 Å². The predicted octanol–water partition coefficient (Wildman–Crippen LogP) is 5.94. The molecule has 0 aliphatic heterocycles. The number of carbonyl (C=O) groups excluding carboxylic acids is 1. The fraction of sp³-hybridized carbons (Fsp3) is 0.136. The Kier molecular flexibility index (Phi) is 5.18. The summed E-state index contributed by atoms with van der Waals surface area (Å²) in [5.41, 5.74) is 1.80. The van der Waals surface area contributed by atoms with Gasteiger partial charge in [0.2, 0.25) is 0 Å². The Bertz CT molecular complexity index is 1300. The summed E-state index contributed by atoms with van der Waals surface area (Å²) in [5, 5.41) is 6.98. The summed E-state index contributed by atoms with van der Waals surface area (Å²) in [6, 6.07) is 13.7. The van der Waals surface area contributed by atoms with Crippen LogP contribution < -0.4 is 5.32 Å². The van der Waals surface area contributed by atoms with Gasteiger partial charge in [0.05, 0.1) is 5.69 Å². The molecule has 31 heavy (non-hydrogen) atoms. The van der Waals surface area contributed by atoms with Crippen LogP contribution in [0.1, 0.15) is 27.3 Å². The Labute approximate surface area is 180 Å². The molecule has 0 saturated carbocycles. The molecule has 1 amide bonds. The number of fused-ring (bicyclic) bond motifs is 1. The van der Waals surface area contributed by atoms with Gasteiger partial charge in [0.1, 0.15) is 0 Å². The molecule has 0 atom stereocenters. The Morgan fingerprint density at radius 2 is 1.71 bits per heavy atom. The lowest BCUT2D eigenvalue weighted by molar-refractivity contribution is -0.142. The lowest BCUT2D eigenvalue weighted by Gasteiger charge is -2.11. The molecule has 158 valence electrons. The van der Waals surface area contributed by atoms with E-state index in [0.717, 1.165) is 17.2 Å². The summed E-state index contributed by atoms with van der Waals surface area (Å²) in [6.07, 6.45) is -4.70. The highest BCUT2D eigenvalue weighted by Gasteiger charge is 2.35. The maximum atomic E-state index is 13.7. The summed E-state index contributed by atoms with van der Waals surface area (Å²) >= 11 is 5.86. The zero-order chi connectivity index (χ0) is 22.3. The van der Waals surface area contributed by atoms with Crippen LogP contribution >= 0.6 is 11.6 Å². The summed E-state index contributed by atoms with van der Waals surface area (Å²) < 4.78 is 41.8. The summed E-state index contributed by atoms with van der Waals surface area (Å²) in [5.74, 6) is -0.630. The number of rotatable bonds is 3. The van der Waals surface area contributed by atoms with Crippen molar-refractivity contribution in [3.05, 3.63) is 82.1 Å². The van der Waals surface area contributed by atoms with Gasteiger partial charge in [-0.05, 0) is 55.3 Å². The summed E-state index contributed by atoms with van der Waals surface area (Å²) in [7, 11) is 0. The summed E-state index contributed by atoms with van der Waals surface area (Å²) in [4.78, 5) is 16.9. The first-order valence-corrected chi connectivity index (χ1v) is 9.62. The number of nitrogens with one attached hydrogen (secondary N) is 1. The Morgan fingerprint density at radius 3 is 2.35 bits per heavy atom. The first-order valence-electron chi connectivity index (χ1n) is 9.24. The highest BCUT2D eigenvalue weighted by atomic mass is 35.5. The predicted molar refractivity (Wildman–Crippen MR) is 112 cm³/mol. The van der Waals surface area contributed by atoms with Crippen molar-refractivity contribution in [2.75, 3.05) is 5.32 Å². The lowest BCUT2D eigenvalue weighted by atomic mass is 10.1. The molecule has 2 heterocycles. The van der Waals surface area contributed by atoms with Crippen molar-refractivity contribution in [2.45, 2.75) is 20.0 Å². The zero-order valence-electron chi connectivity index (χ0n) is 16.5. The molecule has 0 radical (unpaired) electrons. The number of halogens is 4. The van der Waals surface area contributed by atoms with Crippen LogP contribution in [0, 0.1) is 13.8 Å². The molecule has 5 nitrogen and oxygen atoms in total. The van der Waals surface area contributed by atoms with E-state index in [-0.39, 0.29) is 17.0 Å². The van der Waals surface area contributed by atoms with Crippen molar-refractivity contribution in [3.8, 4) is 11.3 Å². The van der Waals surface area contributed by atoms with Crippen LogP contribution in [0.5, 0.6) is 0 Å². The molecule has 4 aromatic rings. The quantitative estimate of drug-likeness (QED) is 0.425. The Balaban J connectivity index is 1.77. The van der Waals surface area contributed by atoms with Crippen molar-refractivity contribution < 1.29 is 18.0 Å². The van der Waals surface area contributed by atoms with E-state index in [0.29, 0.717) is 20.8 Å². The normalized spacial score (nSPS) is 11.7. The average molecular weight is 445 g/mol. The van der Waals surface area contributed by atoms with Gasteiger partial charge < -0.3 is 5.32 Å². The van der Waals surface area contributed by atoms with Gasteiger partial charge >= 0.3 is 6.18 Å². The molecule has 1 N–H and O–H groups in total. The number of hydrogen-bond acceptors (Lipinski definition) is 3. The molecule has 4 rings (SSSR count). The minimum absolute atomic E-state index is 0.0926. The minimum atomic E-state index is -4.70. The van der Waals surface area contributed by atoms with Gasteiger partial charge in [0.25, 0.3) is 5.91 Å². The standard InChI is InChI=1S/C22H16ClF3N4O/c1-12-3-8-16(9-13(12)2)27-21(31)18-11-20-28-17(14-4-6-15(23)7-5-14)10-19(22(24,25)26)30(20)29-18/h3-11H,1-2H3,(H,27,31). The molecule has 0 fully saturated rings. The maximum Gasteiger partial charge on any atom is 0.433 e. The molecule has 0 bridgehead atoms. The number of anilines is 1. The second kappa shape index (κ2) is 7.70. The molecule has 2 aromatic carbocycles. The maximum absolute atomic E-state index is 13.7. The number of nitrogens with zero attached hydrogens (tertiary/aromatic N) is 3. The third kappa shape index (κ3) is 4.25. The third-order valence-electron chi connectivity index (χ3n) is 4.86. The fourth-order valence-electron chi connectivity index (χ4n) is 3.07. The van der Waals surface area contributed by atoms with E-state index in [2.05, 4.69) is 15.4 Å². The molecular formula is C22H16ClF3N4O. The largest absolute Gasteiger partial charge is 0.433 e. The molecule has 0 saturated heterocycles. The highest BCUT2D eigenvalue weighted by molar-refractivity contribution is 6.30. The van der Waals surface area contributed by atoms with E-state index in [4.69, 9.17) is 11.6 Å². The van der Waals surface area contributed by atoms with Crippen molar-refractivity contribution in [2.24, 2.45) is 0 Å². The van der Waals surface area contributed by atoms with Crippen LogP contribution in [-0.4, -0.2) is 20.5 Å². The molecule has 9 heteroatoms. The Morgan fingerprint density at radius 1 is 1.00 bits per heavy atom. The number of aryl methyl sites for hydroxylation is 2. The topological polar surface area (TPSA) is 59.3 Å². The van der Waals surface area contributed by atoms with Crippen LogP contribution in [0.4, 0.5) is 18.9 Å². The van der Waals surface area contributed by atoms with Crippen LogP contribution in [0.15, 0.2) is 54.6 Å². The number of alkyl halides is 3. The molecule has 0 unspecified atom stereocenters. The highest BCUT2D eigenvalue weighted by Crippen LogP contribution is 2.32. The van der Waals surface area contributed by atoms with Gasteiger partial charge in [0, 0.05) is 22.3 Å². The third-order valence-corrected chi connectivity index (χ3v) is 5.11. The van der Waals surface area contributed by atoms with Crippen LogP contribution in [0.25, 0.3) is 16.9 Å². The zero-order valence-corrected chi connectivity index (χ0v) is 17.2. The molecule has 0 aliphatic carbocycles. The minimum Gasteiger partial charge on any atom is -0.321 e. The summed E-state index contributed by atoms with van der Waals surface area (Å²) in [6.45, 7) is 3.83. The van der Waals surface area contributed by atoms with Crippen molar-refractivity contribution in [1.29, 1.82) is 0 Å². The van der Waals surface area contributed by atoms with Gasteiger partial charge in [-0.25, -0.2) is 9.50 Å². The van der Waals surface area contributed by atoms with Gasteiger partial charge in [-0.15, -0.1) is 0 Å². The first-order chi connectivity index (χ1) is 14.6. The second-order valence-electron chi connectivity index (χ2n) is 7.08. The van der Waals surface area contributed by atoms with Crippen molar-refractivity contribution in [3.63, 3.8) is 0 Å². The molecule has 2 aromatic heterocycles. The fourth-order valence-corrected chi connectivity index (χ4v) is 3.20. The molecule has 0 aliphatic rings. The van der Waals surface area contributed by atoms with E-state index < -0.39 is 17.8 Å². The molecule has 0 spiro atoms. The van der Waals surface area contributed by atoms with Crippen molar-refractivity contribution in [1.82, 2.24) is 14.6 Å². The van der Waals surface area contributed by atoms with Crippen molar-refractivity contribution >= 4 is 28.8 Å². The van der Waals surface area contributed by atoms with Gasteiger partial charge in [-0.3, -0.25) is 4.79 Å². The number of hydrogen-bond donors (Lipinski definition) is 1. The van der Waals surface area contributed by atoms with Crippen LogP contribution in [0.3, 0.4) is 0 Å². The van der Waals surface area contributed by atoms with E-state index in [1.54, 1.807) is 36.4 Å².